The van der Waals surface area contributed by atoms with Crippen LogP contribution in [0.2, 0.25) is 0 Å². The average Bonchev–Trinajstić information content (AvgIpc) is 3.45. The number of alkyl halides is 6. The quantitative estimate of drug-likeness (QED) is 0.219. The Morgan fingerprint density at radius 2 is 1.60 bits per heavy atom. The van der Waals surface area contributed by atoms with Crippen molar-refractivity contribution in [2.45, 2.75) is 45.7 Å². The minimum absolute atomic E-state index is 0.0159. The van der Waals surface area contributed by atoms with E-state index in [-0.39, 0.29) is 17.0 Å². The van der Waals surface area contributed by atoms with E-state index >= 15 is 0 Å². The minimum atomic E-state index is -5.19. The zero-order valence-corrected chi connectivity index (χ0v) is 24.8. The second-order valence-electron chi connectivity index (χ2n) is 9.98. The Kier molecular flexibility index (Phi) is 11.4. The molecule has 4 heterocycles. The predicted octanol–water partition coefficient (Wildman–Crippen LogP) is -0.138. The lowest BCUT2D eigenvalue weighted by atomic mass is 10.0. The van der Waals surface area contributed by atoms with Crippen LogP contribution in [0.15, 0.2) is 47.5 Å². The highest BCUT2D eigenvalue weighted by atomic mass is 19.4. The number of aliphatic carboxylic acids is 2. The van der Waals surface area contributed by atoms with Gasteiger partial charge in [0.1, 0.15) is 29.9 Å². The summed E-state index contributed by atoms with van der Waals surface area (Å²) in [5.74, 6) is -5.40. The fraction of sp³-hybridized carbons (Fsp3) is 0.286. The number of hydrogen-bond acceptors (Lipinski definition) is 8. The van der Waals surface area contributed by atoms with Crippen LogP contribution in [-0.4, -0.2) is 62.0 Å². The second kappa shape index (κ2) is 14.8. The van der Waals surface area contributed by atoms with E-state index in [4.69, 9.17) is 19.8 Å². The molecule has 256 valence electrons. The van der Waals surface area contributed by atoms with Gasteiger partial charge in [-0.25, -0.2) is 19.0 Å². The van der Waals surface area contributed by atoms with Gasteiger partial charge in [-0.05, 0) is 43.2 Å². The minimum Gasteiger partial charge on any atom is -0.542 e. The molecule has 0 atom stereocenters. The topological polar surface area (TPSA) is 193 Å². The third kappa shape index (κ3) is 9.19. The highest BCUT2D eigenvalue weighted by molar-refractivity contribution is 5.94. The molecule has 0 radical (unpaired) electrons. The van der Waals surface area contributed by atoms with Crippen LogP contribution in [0, 0.1) is 19.7 Å². The Hall–Kier alpha value is -5.69. The number of benzene rings is 1. The maximum atomic E-state index is 14.7. The number of carboxylic acid groups (broad SMARTS) is 2. The van der Waals surface area contributed by atoms with E-state index in [0.29, 0.717) is 37.3 Å². The molecule has 5 rings (SSSR count). The first kappa shape index (κ1) is 36.8. The number of rotatable bonds is 4. The molecule has 3 aromatic heterocycles. The molecule has 0 unspecified atom stereocenters. The number of nitrogens with one attached hydrogen (secondary N) is 3. The number of carbonyl (C=O) groups excluding carboxylic acids is 3. The van der Waals surface area contributed by atoms with E-state index in [9.17, 15) is 40.3 Å². The fourth-order valence-electron chi connectivity index (χ4n) is 4.19. The molecule has 4 aromatic rings. The molecule has 48 heavy (non-hydrogen) atoms. The Morgan fingerprint density at radius 1 is 0.979 bits per heavy atom. The normalized spacial score (nSPS) is 12.6. The average molecular weight is 688 g/mol. The number of aromatic nitrogens is 6. The van der Waals surface area contributed by atoms with Crippen molar-refractivity contribution in [3.05, 3.63) is 92.7 Å². The Bertz CT molecular complexity index is 1830. The Balaban J connectivity index is 0.000000376. The molecule has 0 saturated carbocycles. The molecule has 13 nitrogen and oxygen atoms in total. The van der Waals surface area contributed by atoms with Crippen LogP contribution in [0.3, 0.4) is 0 Å². The van der Waals surface area contributed by atoms with Crippen LogP contribution in [0.25, 0.3) is 11.4 Å². The van der Waals surface area contributed by atoms with E-state index in [1.165, 1.54) is 6.07 Å². The molecule has 0 aliphatic carbocycles. The first-order valence-electron chi connectivity index (χ1n) is 13.4. The van der Waals surface area contributed by atoms with Crippen molar-refractivity contribution in [2.24, 2.45) is 0 Å². The summed E-state index contributed by atoms with van der Waals surface area (Å²) in [4.78, 5) is 47.2. The number of H-pyrrole nitrogens is 3. The molecule has 1 aliphatic heterocycles. The van der Waals surface area contributed by atoms with Crippen molar-refractivity contribution >= 4 is 17.8 Å². The maximum absolute atomic E-state index is 14.7. The van der Waals surface area contributed by atoms with Crippen molar-refractivity contribution in [2.75, 3.05) is 6.54 Å². The monoisotopic (exact) mass is 687 g/mol. The summed E-state index contributed by atoms with van der Waals surface area (Å²) in [5.41, 5.74) is 3.52. The van der Waals surface area contributed by atoms with Gasteiger partial charge < -0.3 is 24.7 Å². The van der Waals surface area contributed by atoms with Gasteiger partial charge in [-0.1, -0.05) is 6.07 Å². The molecular weight excluding hydrogens is 663 g/mol. The van der Waals surface area contributed by atoms with Gasteiger partial charge in [-0.2, -0.15) is 31.4 Å². The smallest absolute Gasteiger partial charge is 0.430 e. The van der Waals surface area contributed by atoms with Crippen LogP contribution in [-0.2, 0) is 29.1 Å². The summed E-state index contributed by atoms with van der Waals surface area (Å²) >= 11 is 0. The van der Waals surface area contributed by atoms with Gasteiger partial charge in [0, 0.05) is 23.1 Å². The van der Waals surface area contributed by atoms with Gasteiger partial charge >= 0.3 is 18.2 Å². The molecule has 0 saturated heterocycles. The summed E-state index contributed by atoms with van der Waals surface area (Å²) in [6.07, 6.45) is -6.32. The van der Waals surface area contributed by atoms with E-state index in [2.05, 4.69) is 25.4 Å². The fourth-order valence-corrected chi connectivity index (χ4v) is 4.19. The first-order valence-corrected chi connectivity index (χ1v) is 13.4. The second-order valence-corrected chi connectivity index (χ2v) is 9.98. The van der Waals surface area contributed by atoms with Crippen molar-refractivity contribution in [3.8, 4) is 11.4 Å². The number of pyridine rings is 1. The number of hydrogen-bond donors (Lipinski definition) is 2. The van der Waals surface area contributed by atoms with Crippen LogP contribution in [0.1, 0.15) is 38.6 Å². The van der Waals surface area contributed by atoms with E-state index in [0.717, 1.165) is 28.3 Å². The first-order chi connectivity index (χ1) is 22.3. The molecule has 20 heteroatoms. The molecule has 0 fully saturated rings. The number of fused-ring (bicyclic) bond motifs is 1. The number of nitrogens with zero attached hydrogens (tertiary/aromatic N) is 4. The maximum Gasteiger partial charge on any atom is 0.430 e. The van der Waals surface area contributed by atoms with Crippen LogP contribution < -0.4 is 25.3 Å². The van der Waals surface area contributed by atoms with E-state index in [1.54, 1.807) is 24.0 Å². The largest absolute Gasteiger partial charge is 0.542 e. The summed E-state index contributed by atoms with van der Waals surface area (Å²) in [5, 5.41) is 31.6. The molecule has 0 spiro atoms. The summed E-state index contributed by atoms with van der Waals surface area (Å²) in [6, 6.07) is 8.37. The number of carbonyl (C=O) groups is 3. The third-order valence-electron chi connectivity index (χ3n) is 6.78. The zero-order valence-electron chi connectivity index (χ0n) is 24.8. The van der Waals surface area contributed by atoms with Crippen molar-refractivity contribution in [1.29, 1.82) is 0 Å². The third-order valence-corrected chi connectivity index (χ3v) is 6.78. The van der Waals surface area contributed by atoms with Crippen LogP contribution in [0.4, 0.5) is 30.7 Å². The van der Waals surface area contributed by atoms with Crippen molar-refractivity contribution in [3.63, 3.8) is 0 Å². The number of carboxylic acids is 2. The standard InChI is InChI=1S/C24H22FN7O2.2C2HF3O2/c1-14-15(2)23(33)30-27-20(14)11-16-5-6-19(25)18(10-16)24(34)31-8-9-32-21(13-31)28-29-22(32)17-4-3-7-26-12-17;2*3-2(4,5)1(6)7/h3-7,10,12H,8-9,11,13H2,1-2H3,(H,30,33);2*(H,6,7). The zero-order chi connectivity index (χ0) is 36.0. The summed E-state index contributed by atoms with van der Waals surface area (Å²) < 4.78 is 79.8. The van der Waals surface area contributed by atoms with Crippen LogP contribution >= 0.6 is 0 Å². The van der Waals surface area contributed by atoms with Crippen LogP contribution in [0.5, 0.6) is 0 Å². The number of halogens is 7. The van der Waals surface area contributed by atoms with Gasteiger partial charge in [0.25, 0.3) is 17.3 Å². The van der Waals surface area contributed by atoms with Gasteiger partial charge in [0.2, 0.25) is 0 Å². The molecule has 0 bridgehead atoms. The Labute approximate surface area is 264 Å². The van der Waals surface area contributed by atoms with Gasteiger partial charge in [0.15, 0.2) is 12.4 Å². The lowest BCUT2D eigenvalue weighted by Crippen LogP contribution is -2.52. The number of amides is 1. The molecule has 1 amide bonds. The Morgan fingerprint density at radius 3 is 2.17 bits per heavy atom. The lowest BCUT2D eigenvalue weighted by molar-refractivity contribution is -0.700. The molecule has 1 aliphatic rings. The lowest BCUT2D eigenvalue weighted by Gasteiger charge is -2.25. The van der Waals surface area contributed by atoms with Crippen molar-refractivity contribution in [1.82, 2.24) is 25.3 Å². The SMILES string of the molecule is Cc1c(Cc2ccc(F)c(C(=O)N3CC[n+]4c(-c5ccc[nH+]c5)n[nH]c4C3)c2)n[nH]c(=O)c1C.O=C([O-])C(F)(F)F.O=C([O-])C(F)(F)F. The number of aromatic amines is 3. The van der Waals surface area contributed by atoms with E-state index in [1.807, 2.05) is 36.0 Å². The molecule has 1 aromatic carbocycles. The highest BCUT2D eigenvalue weighted by Crippen LogP contribution is 2.20. The summed E-state index contributed by atoms with van der Waals surface area (Å²) in [7, 11) is 0. The molecular formula is C28H24F7N7O6. The predicted molar refractivity (Wildman–Crippen MR) is 141 cm³/mol. The van der Waals surface area contributed by atoms with Gasteiger partial charge in [-0.15, -0.1) is 5.10 Å². The highest BCUT2D eigenvalue weighted by Gasteiger charge is 2.32. The van der Waals surface area contributed by atoms with Gasteiger partial charge in [-0.3, -0.25) is 9.59 Å². The summed E-state index contributed by atoms with van der Waals surface area (Å²) in [6.45, 7) is 4.84. The van der Waals surface area contributed by atoms with Crippen molar-refractivity contribution < 1.29 is 64.9 Å². The molecule has 3 N–H and O–H groups in total. The van der Waals surface area contributed by atoms with Gasteiger partial charge in [0.05, 0.1) is 24.3 Å². The van der Waals surface area contributed by atoms with E-state index < -0.39 is 30.1 Å².